The number of hydrogen-bond donors (Lipinski definition) is 1. The standard InChI is InChI=1S/C17H19FN4O3S2/c18-14-4-2-1-3-13(14)16-20-21-17(22(16)12-5-6-12)26-9-15(23)19-11-7-8-27(24,25)10-11/h1-4,11-12H,5-10H2,(H,19,23)/t11-/m1/s1. The number of nitrogens with one attached hydrogen (secondary N) is 1. The molecule has 1 saturated carbocycles. The van der Waals surface area contributed by atoms with Gasteiger partial charge in [-0.2, -0.15) is 0 Å². The molecule has 0 bridgehead atoms. The van der Waals surface area contributed by atoms with E-state index in [1.54, 1.807) is 18.2 Å². The molecule has 0 radical (unpaired) electrons. The first-order chi connectivity index (χ1) is 12.9. The van der Waals surface area contributed by atoms with Crippen LogP contribution in [0.3, 0.4) is 0 Å². The number of hydrogen-bond acceptors (Lipinski definition) is 6. The second kappa shape index (κ2) is 7.23. The van der Waals surface area contributed by atoms with E-state index in [1.807, 2.05) is 4.57 Å². The van der Waals surface area contributed by atoms with Crippen molar-refractivity contribution in [2.24, 2.45) is 0 Å². The molecule has 144 valence electrons. The van der Waals surface area contributed by atoms with E-state index in [4.69, 9.17) is 0 Å². The molecule has 2 aliphatic rings. The largest absolute Gasteiger partial charge is 0.352 e. The molecule has 7 nitrogen and oxygen atoms in total. The van der Waals surface area contributed by atoms with Gasteiger partial charge in [-0.25, -0.2) is 12.8 Å². The summed E-state index contributed by atoms with van der Waals surface area (Å²) in [5.41, 5.74) is 0.393. The summed E-state index contributed by atoms with van der Waals surface area (Å²) in [6.45, 7) is 0. The molecule has 2 aromatic rings. The molecule has 2 fully saturated rings. The lowest BCUT2D eigenvalue weighted by Gasteiger charge is -2.11. The lowest BCUT2D eigenvalue weighted by atomic mass is 10.2. The van der Waals surface area contributed by atoms with Gasteiger partial charge in [0.25, 0.3) is 0 Å². The molecule has 1 aromatic heterocycles. The van der Waals surface area contributed by atoms with Crippen LogP contribution < -0.4 is 5.32 Å². The lowest BCUT2D eigenvalue weighted by Crippen LogP contribution is -2.36. The van der Waals surface area contributed by atoms with Gasteiger partial charge in [-0.3, -0.25) is 9.36 Å². The van der Waals surface area contributed by atoms with Gasteiger partial charge < -0.3 is 5.32 Å². The Morgan fingerprint density at radius 2 is 2.04 bits per heavy atom. The van der Waals surface area contributed by atoms with Crippen LogP contribution in [-0.4, -0.2) is 52.4 Å². The number of thioether (sulfide) groups is 1. The highest BCUT2D eigenvalue weighted by Gasteiger charge is 2.32. The van der Waals surface area contributed by atoms with Crippen molar-refractivity contribution in [3.05, 3.63) is 30.1 Å². The maximum Gasteiger partial charge on any atom is 0.230 e. The molecule has 0 spiro atoms. The van der Waals surface area contributed by atoms with E-state index in [9.17, 15) is 17.6 Å². The summed E-state index contributed by atoms with van der Waals surface area (Å²) < 4.78 is 39.0. The predicted octanol–water partition coefficient (Wildman–Crippen LogP) is 1.81. The van der Waals surface area contributed by atoms with Gasteiger partial charge in [0.1, 0.15) is 5.82 Å². The maximum atomic E-state index is 14.2. The fourth-order valence-corrected chi connectivity index (χ4v) is 5.66. The van der Waals surface area contributed by atoms with E-state index in [1.165, 1.54) is 17.8 Å². The van der Waals surface area contributed by atoms with Crippen LogP contribution in [0, 0.1) is 5.82 Å². The van der Waals surface area contributed by atoms with Crippen LogP contribution in [0.15, 0.2) is 29.4 Å². The van der Waals surface area contributed by atoms with E-state index in [-0.39, 0.29) is 41.1 Å². The van der Waals surface area contributed by atoms with Gasteiger partial charge in [0.2, 0.25) is 5.91 Å². The van der Waals surface area contributed by atoms with Crippen molar-refractivity contribution in [2.45, 2.75) is 36.5 Å². The Morgan fingerprint density at radius 1 is 1.26 bits per heavy atom. The number of sulfone groups is 1. The van der Waals surface area contributed by atoms with Crippen LogP contribution in [0.25, 0.3) is 11.4 Å². The monoisotopic (exact) mass is 410 g/mol. The van der Waals surface area contributed by atoms with E-state index in [0.29, 0.717) is 23.0 Å². The van der Waals surface area contributed by atoms with Crippen LogP contribution in [0.2, 0.25) is 0 Å². The average Bonchev–Trinajstić information content (AvgIpc) is 3.28. The Balaban J connectivity index is 1.45. The van der Waals surface area contributed by atoms with E-state index in [2.05, 4.69) is 15.5 Å². The van der Waals surface area contributed by atoms with Crippen LogP contribution in [0.5, 0.6) is 0 Å². The number of carbonyl (C=O) groups is 1. The molecular weight excluding hydrogens is 391 g/mol. The first kappa shape index (κ1) is 18.4. The highest BCUT2D eigenvalue weighted by atomic mass is 32.2. The minimum atomic E-state index is -3.03. The number of amides is 1. The summed E-state index contributed by atoms with van der Waals surface area (Å²) in [5.74, 6) is 0.106. The zero-order valence-electron chi connectivity index (χ0n) is 14.5. The van der Waals surface area contributed by atoms with Crippen molar-refractivity contribution in [1.29, 1.82) is 0 Å². The van der Waals surface area contributed by atoms with Crippen molar-refractivity contribution in [3.8, 4) is 11.4 Å². The van der Waals surface area contributed by atoms with Gasteiger partial charge in [-0.05, 0) is 31.4 Å². The first-order valence-corrected chi connectivity index (χ1v) is 11.6. The zero-order chi connectivity index (χ0) is 19.0. The van der Waals surface area contributed by atoms with Gasteiger partial charge in [-0.1, -0.05) is 23.9 Å². The first-order valence-electron chi connectivity index (χ1n) is 8.75. The molecule has 1 aliphatic carbocycles. The highest BCUT2D eigenvalue weighted by Crippen LogP contribution is 2.41. The molecule has 2 heterocycles. The molecule has 10 heteroatoms. The number of aromatic nitrogens is 3. The second-order valence-corrected chi connectivity index (χ2v) is 10.0. The third-order valence-corrected chi connectivity index (χ3v) is 7.33. The van der Waals surface area contributed by atoms with Crippen LogP contribution in [0.1, 0.15) is 25.3 Å². The fraction of sp³-hybridized carbons (Fsp3) is 0.471. The minimum absolute atomic E-state index is 0.000897. The topological polar surface area (TPSA) is 93.9 Å². The minimum Gasteiger partial charge on any atom is -0.352 e. The Morgan fingerprint density at radius 3 is 2.70 bits per heavy atom. The Hall–Kier alpha value is -1.94. The van der Waals surface area contributed by atoms with Crippen molar-refractivity contribution >= 4 is 27.5 Å². The molecule has 1 atom stereocenters. The molecule has 1 saturated heterocycles. The van der Waals surface area contributed by atoms with Crippen molar-refractivity contribution in [3.63, 3.8) is 0 Å². The van der Waals surface area contributed by atoms with Crippen LogP contribution in [-0.2, 0) is 14.6 Å². The molecule has 1 aromatic carbocycles. The smallest absolute Gasteiger partial charge is 0.230 e. The van der Waals surface area contributed by atoms with Crippen LogP contribution >= 0.6 is 11.8 Å². The molecule has 1 N–H and O–H groups in total. The van der Waals surface area contributed by atoms with Crippen molar-refractivity contribution in [1.82, 2.24) is 20.1 Å². The lowest BCUT2D eigenvalue weighted by molar-refractivity contribution is -0.119. The van der Waals surface area contributed by atoms with E-state index >= 15 is 0 Å². The Kier molecular flexibility index (Phi) is 4.94. The third-order valence-electron chi connectivity index (χ3n) is 4.62. The number of carbonyl (C=O) groups excluding carboxylic acids is 1. The van der Waals surface area contributed by atoms with Gasteiger partial charge in [0.05, 0.1) is 22.8 Å². The van der Waals surface area contributed by atoms with Crippen molar-refractivity contribution < 1.29 is 17.6 Å². The predicted molar refractivity (Wildman–Crippen MR) is 99.6 cm³/mol. The number of benzene rings is 1. The zero-order valence-corrected chi connectivity index (χ0v) is 16.1. The Labute approximate surface area is 160 Å². The molecule has 1 aliphatic heterocycles. The van der Waals surface area contributed by atoms with Gasteiger partial charge in [0.15, 0.2) is 20.8 Å². The van der Waals surface area contributed by atoms with Gasteiger partial charge in [-0.15, -0.1) is 10.2 Å². The van der Waals surface area contributed by atoms with Gasteiger partial charge in [0, 0.05) is 12.1 Å². The fourth-order valence-electron chi connectivity index (χ4n) is 3.17. The molecule has 4 rings (SSSR count). The summed E-state index contributed by atoms with van der Waals surface area (Å²) in [6, 6.07) is 6.33. The molecular formula is C17H19FN4O3S2. The SMILES string of the molecule is O=C(CSc1nnc(-c2ccccc2F)n1C1CC1)N[C@@H]1CCS(=O)(=O)C1. The summed E-state index contributed by atoms with van der Waals surface area (Å²) in [4.78, 5) is 12.2. The van der Waals surface area contributed by atoms with Crippen LogP contribution in [0.4, 0.5) is 4.39 Å². The third kappa shape index (κ3) is 4.16. The number of nitrogens with zero attached hydrogens (tertiary/aromatic N) is 3. The summed E-state index contributed by atoms with van der Waals surface area (Å²) in [6.07, 6.45) is 2.40. The summed E-state index contributed by atoms with van der Waals surface area (Å²) >= 11 is 1.23. The number of rotatable bonds is 6. The number of halogens is 1. The molecule has 27 heavy (non-hydrogen) atoms. The van der Waals surface area contributed by atoms with Gasteiger partial charge >= 0.3 is 0 Å². The summed E-state index contributed by atoms with van der Waals surface area (Å²) in [7, 11) is -3.03. The maximum absolute atomic E-state index is 14.2. The van der Waals surface area contributed by atoms with E-state index in [0.717, 1.165) is 12.8 Å². The quantitative estimate of drug-likeness (QED) is 0.730. The normalized spacial score (nSPS) is 21.3. The molecule has 1 amide bonds. The van der Waals surface area contributed by atoms with E-state index < -0.39 is 9.84 Å². The highest BCUT2D eigenvalue weighted by molar-refractivity contribution is 7.99. The molecule has 0 unspecified atom stereocenters. The Bertz CT molecular complexity index is 972. The average molecular weight is 410 g/mol. The second-order valence-electron chi connectivity index (χ2n) is 6.84. The summed E-state index contributed by atoms with van der Waals surface area (Å²) in [5, 5.41) is 11.6. The van der Waals surface area contributed by atoms with Crippen molar-refractivity contribution in [2.75, 3.05) is 17.3 Å².